The van der Waals surface area contributed by atoms with Crippen LogP contribution in [0.1, 0.15) is 36.2 Å². The largest absolute Gasteiger partial charge is 0.478 e. The SMILES string of the molecule is CCOc1cc(CNC(=O)CCNS(=O)(=O)c2ccc(C(C)=O)cc2)ccn1. The quantitative estimate of drug-likeness (QED) is 0.581. The second-order valence-corrected chi connectivity index (χ2v) is 7.71. The molecule has 0 aliphatic heterocycles. The molecule has 0 fully saturated rings. The number of pyridine rings is 1. The zero-order valence-corrected chi connectivity index (χ0v) is 16.6. The first-order valence-electron chi connectivity index (χ1n) is 8.77. The number of hydrogen-bond donors (Lipinski definition) is 2. The van der Waals surface area contributed by atoms with Gasteiger partial charge in [0.1, 0.15) is 0 Å². The van der Waals surface area contributed by atoms with Gasteiger partial charge in [-0.2, -0.15) is 0 Å². The second kappa shape index (κ2) is 9.95. The van der Waals surface area contributed by atoms with Crippen LogP contribution in [-0.2, 0) is 21.4 Å². The van der Waals surface area contributed by atoms with Gasteiger partial charge in [-0.05, 0) is 37.6 Å². The minimum absolute atomic E-state index is 0.00579. The molecule has 0 aliphatic carbocycles. The third kappa shape index (κ3) is 6.43. The Morgan fingerprint density at radius 2 is 1.86 bits per heavy atom. The highest BCUT2D eigenvalue weighted by Crippen LogP contribution is 2.11. The van der Waals surface area contributed by atoms with Crippen LogP contribution in [0.4, 0.5) is 0 Å². The predicted molar refractivity (Wildman–Crippen MR) is 104 cm³/mol. The summed E-state index contributed by atoms with van der Waals surface area (Å²) in [5, 5.41) is 2.72. The molecule has 150 valence electrons. The van der Waals surface area contributed by atoms with Crippen LogP contribution >= 0.6 is 0 Å². The minimum Gasteiger partial charge on any atom is -0.478 e. The molecule has 28 heavy (non-hydrogen) atoms. The molecular formula is C19H23N3O5S. The van der Waals surface area contributed by atoms with Crippen LogP contribution < -0.4 is 14.8 Å². The first-order valence-corrected chi connectivity index (χ1v) is 10.2. The van der Waals surface area contributed by atoms with Crippen molar-refractivity contribution < 1.29 is 22.7 Å². The number of carbonyl (C=O) groups excluding carboxylic acids is 2. The average molecular weight is 405 g/mol. The zero-order chi connectivity index (χ0) is 20.6. The van der Waals surface area contributed by atoms with Crippen molar-refractivity contribution in [1.82, 2.24) is 15.0 Å². The molecule has 1 aromatic heterocycles. The number of benzene rings is 1. The summed E-state index contributed by atoms with van der Waals surface area (Å²) in [5.74, 6) is 0.0540. The number of aromatic nitrogens is 1. The molecular weight excluding hydrogens is 382 g/mol. The number of rotatable bonds is 10. The van der Waals surface area contributed by atoms with Crippen molar-refractivity contribution in [3.05, 3.63) is 53.7 Å². The summed E-state index contributed by atoms with van der Waals surface area (Å²) in [6.45, 7) is 4.02. The number of sulfonamides is 1. The van der Waals surface area contributed by atoms with E-state index in [4.69, 9.17) is 4.74 Å². The van der Waals surface area contributed by atoms with Crippen molar-refractivity contribution in [2.45, 2.75) is 31.7 Å². The van der Waals surface area contributed by atoms with Gasteiger partial charge in [0.2, 0.25) is 21.8 Å². The summed E-state index contributed by atoms with van der Waals surface area (Å²) in [6.07, 6.45) is 1.59. The van der Waals surface area contributed by atoms with E-state index in [1.54, 1.807) is 18.3 Å². The van der Waals surface area contributed by atoms with Gasteiger partial charge in [-0.1, -0.05) is 12.1 Å². The summed E-state index contributed by atoms with van der Waals surface area (Å²) in [5.41, 5.74) is 1.26. The normalized spacial score (nSPS) is 11.1. The van der Waals surface area contributed by atoms with E-state index in [0.717, 1.165) is 5.56 Å². The molecule has 0 aliphatic rings. The topological polar surface area (TPSA) is 114 Å². The third-order valence-corrected chi connectivity index (χ3v) is 5.27. The van der Waals surface area contributed by atoms with E-state index in [1.807, 2.05) is 6.92 Å². The Kier molecular flexibility index (Phi) is 7.65. The first kappa shape index (κ1) is 21.5. The first-order chi connectivity index (χ1) is 13.3. The molecule has 0 saturated heterocycles. The Morgan fingerprint density at radius 3 is 2.50 bits per heavy atom. The van der Waals surface area contributed by atoms with Crippen molar-refractivity contribution in [3.63, 3.8) is 0 Å². The molecule has 0 unspecified atom stereocenters. The molecule has 0 spiro atoms. The summed E-state index contributed by atoms with van der Waals surface area (Å²) in [6, 6.07) is 9.12. The number of carbonyl (C=O) groups is 2. The average Bonchev–Trinajstić information content (AvgIpc) is 2.67. The minimum atomic E-state index is -3.74. The van der Waals surface area contributed by atoms with Crippen molar-refractivity contribution in [3.8, 4) is 5.88 Å². The smallest absolute Gasteiger partial charge is 0.240 e. The lowest BCUT2D eigenvalue weighted by Gasteiger charge is -2.09. The molecule has 2 N–H and O–H groups in total. The fourth-order valence-electron chi connectivity index (χ4n) is 2.33. The third-order valence-electron chi connectivity index (χ3n) is 3.80. The van der Waals surface area contributed by atoms with E-state index >= 15 is 0 Å². The molecule has 0 saturated carbocycles. The lowest BCUT2D eigenvalue weighted by Crippen LogP contribution is -2.30. The maximum absolute atomic E-state index is 12.2. The molecule has 0 bridgehead atoms. The Bertz CT molecular complexity index is 927. The number of nitrogens with one attached hydrogen (secondary N) is 2. The van der Waals surface area contributed by atoms with Gasteiger partial charge in [0.15, 0.2) is 5.78 Å². The molecule has 8 nitrogen and oxygen atoms in total. The monoisotopic (exact) mass is 405 g/mol. The van der Waals surface area contributed by atoms with Gasteiger partial charge in [0.05, 0.1) is 11.5 Å². The maximum atomic E-state index is 12.2. The number of ether oxygens (including phenoxy) is 1. The Labute approximate surface area is 164 Å². The fraction of sp³-hybridized carbons (Fsp3) is 0.316. The molecule has 1 aromatic carbocycles. The van der Waals surface area contributed by atoms with E-state index < -0.39 is 10.0 Å². The van der Waals surface area contributed by atoms with Gasteiger partial charge in [0.25, 0.3) is 0 Å². The summed E-state index contributed by atoms with van der Waals surface area (Å²) in [4.78, 5) is 27.3. The van der Waals surface area contributed by atoms with Crippen LogP contribution in [0.3, 0.4) is 0 Å². The molecule has 9 heteroatoms. The van der Waals surface area contributed by atoms with Crippen molar-refractivity contribution >= 4 is 21.7 Å². The standard InChI is InChI=1S/C19H23N3O5S/c1-3-27-19-12-15(8-10-20-19)13-21-18(24)9-11-22-28(25,26)17-6-4-16(5-7-17)14(2)23/h4-8,10,12,22H,3,9,11,13H2,1-2H3,(H,21,24). The van der Waals surface area contributed by atoms with Gasteiger partial charge in [-0.15, -0.1) is 0 Å². The van der Waals surface area contributed by atoms with Crippen LogP contribution in [0.5, 0.6) is 5.88 Å². The Morgan fingerprint density at radius 1 is 1.14 bits per heavy atom. The van der Waals surface area contributed by atoms with Gasteiger partial charge in [-0.25, -0.2) is 18.1 Å². The number of amides is 1. The van der Waals surface area contributed by atoms with Crippen molar-refractivity contribution in [2.75, 3.05) is 13.2 Å². The fourth-order valence-corrected chi connectivity index (χ4v) is 3.36. The van der Waals surface area contributed by atoms with Crippen molar-refractivity contribution in [1.29, 1.82) is 0 Å². The van der Waals surface area contributed by atoms with Crippen LogP contribution in [-0.4, -0.2) is 38.2 Å². The van der Waals surface area contributed by atoms with Crippen LogP contribution in [0.25, 0.3) is 0 Å². The molecule has 2 aromatic rings. The lowest BCUT2D eigenvalue weighted by atomic mass is 10.2. The van der Waals surface area contributed by atoms with E-state index in [9.17, 15) is 18.0 Å². The van der Waals surface area contributed by atoms with Crippen LogP contribution in [0, 0.1) is 0 Å². The van der Waals surface area contributed by atoms with Gasteiger partial charge in [-0.3, -0.25) is 9.59 Å². The highest BCUT2D eigenvalue weighted by atomic mass is 32.2. The molecule has 0 radical (unpaired) electrons. The van der Waals surface area contributed by atoms with E-state index in [0.29, 0.717) is 24.6 Å². The lowest BCUT2D eigenvalue weighted by molar-refractivity contribution is -0.121. The number of nitrogens with zero attached hydrogens (tertiary/aromatic N) is 1. The van der Waals surface area contributed by atoms with E-state index in [2.05, 4.69) is 15.0 Å². The summed E-state index contributed by atoms with van der Waals surface area (Å²) >= 11 is 0. The Balaban J connectivity index is 1.81. The van der Waals surface area contributed by atoms with Crippen molar-refractivity contribution in [2.24, 2.45) is 0 Å². The molecule has 1 heterocycles. The highest BCUT2D eigenvalue weighted by molar-refractivity contribution is 7.89. The Hall–Kier alpha value is -2.78. The summed E-state index contributed by atoms with van der Waals surface area (Å²) < 4.78 is 32.1. The van der Waals surface area contributed by atoms with Crippen LogP contribution in [0.15, 0.2) is 47.5 Å². The molecule has 1 amide bonds. The maximum Gasteiger partial charge on any atom is 0.240 e. The van der Waals surface area contributed by atoms with Crippen LogP contribution in [0.2, 0.25) is 0 Å². The second-order valence-electron chi connectivity index (χ2n) is 5.94. The number of hydrogen-bond acceptors (Lipinski definition) is 6. The highest BCUT2D eigenvalue weighted by Gasteiger charge is 2.14. The predicted octanol–water partition coefficient (Wildman–Crippen LogP) is 1.67. The summed E-state index contributed by atoms with van der Waals surface area (Å²) in [7, 11) is -3.74. The molecule has 2 rings (SSSR count). The van der Waals surface area contributed by atoms with E-state index in [-0.39, 0.29) is 29.6 Å². The van der Waals surface area contributed by atoms with Gasteiger partial charge < -0.3 is 10.1 Å². The van der Waals surface area contributed by atoms with E-state index in [1.165, 1.54) is 31.2 Å². The number of ketones is 1. The zero-order valence-electron chi connectivity index (χ0n) is 15.8. The van der Waals surface area contributed by atoms with Gasteiger partial charge >= 0.3 is 0 Å². The number of Topliss-reactive ketones (excluding diaryl/α,β-unsaturated/α-hetero) is 1. The van der Waals surface area contributed by atoms with Gasteiger partial charge in [0, 0.05) is 37.3 Å². The molecule has 0 atom stereocenters.